The first-order valence-corrected chi connectivity index (χ1v) is 10.2. The van der Waals surface area contributed by atoms with Crippen molar-refractivity contribution in [3.63, 3.8) is 0 Å². The van der Waals surface area contributed by atoms with Crippen LogP contribution in [-0.4, -0.2) is 53.8 Å². The number of nitrogens with zero attached hydrogens (tertiary/aromatic N) is 3. The van der Waals surface area contributed by atoms with E-state index in [1.165, 1.54) is 12.0 Å². The molecule has 1 aromatic heterocycles. The molecule has 1 aliphatic carbocycles. The number of aryl methyl sites for hydroxylation is 1. The summed E-state index contributed by atoms with van der Waals surface area (Å²) in [7, 11) is 0. The number of fused-ring (bicyclic) bond motifs is 2. The molecule has 3 aliphatic rings. The van der Waals surface area contributed by atoms with Gasteiger partial charge in [-0.2, -0.15) is 0 Å². The molecule has 5 rings (SSSR count). The van der Waals surface area contributed by atoms with Gasteiger partial charge in [0.2, 0.25) is 6.79 Å². The van der Waals surface area contributed by atoms with Crippen molar-refractivity contribution in [1.29, 1.82) is 0 Å². The topological polar surface area (TPSA) is 68.0 Å². The summed E-state index contributed by atoms with van der Waals surface area (Å²) >= 11 is 0. The molecule has 0 spiro atoms. The highest BCUT2D eigenvalue weighted by Crippen LogP contribution is 2.33. The number of hydrogen-bond donors (Lipinski definition) is 0. The molecule has 0 radical (unpaired) electrons. The van der Waals surface area contributed by atoms with Gasteiger partial charge in [0, 0.05) is 44.7 Å². The van der Waals surface area contributed by atoms with Crippen molar-refractivity contribution in [2.24, 2.45) is 0 Å². The van der Waals surface area contributed by atoms with Crippen molar-refractivity contribution in [2.75, 3.05) is 33.0 Å². The fourth-order valence-electron chi connectivity index (χ4n) is 4.29. The Morgan fingerprint density at radius 3 is 2.71 bits per heavy atom. The van der Waals surface area contributed by atoms with E-state index >= 15 is 0 Å². The molecule has 1 fully saturated rings. The lowest BCUT2D eigenvalue weighted by atomic mass is 10.1. The second kappa shape index (κ2) is 7.47. The number of aromatic nitrogens is 1. The van der Waals surface area contributed by atoms with Gasteiger partial charge in [-0.25, -0.2) is 0 Å². The summed E-state index contributed by atoms with van der Waals surface area (Å²) in [5.74, 6) is 2.57. The third-order valence-corrected chi connectivity index (χ3v) is 5.91. The number of amides is 1. The van der Waals surface area contributed by atoms with Crippen LogP contribution in [0.25, 0.3) is 0 Å². The van der Waals surface area contributed by atoms with Crippen molar-refractivity contribution < 1.29 is 18.8 Å². The van der Waals surface area contributed by atoms with E-state index in [4.69, 9.17) is 14.0 Å². The van der Waals surface area contributed by atoms with Crippen LogP contribution in [0, 0.1) is 0 Å². The smallest absolute Gasteiger partial charge is 0.276 e. The molecule has 1 saturated heterocycles. The first-order chi connectivity index (χ1) is 13.8. The summed E-state index contributed by atoms with van der Waals surface area (Å²) in [5, 5.41) is 4.13. The Morgan fingerprint density at radius 1 is 1.00 bits per heavy atom. The van der Waals surface area contributed by atoms with Gasteiger partial charge < -0.3 is 18.9 Å². The van der Waals surface area contributed by atoms with Crippen LogP contribution >= 0.6 is 0 Å². The van der Waals surface area contributed by atoms with E-state index < -0.39 is 0 Å². The molecule has 0 bridgehead atoms. The largest absolute Gasteiger partial charge is 0.454 e. The molecule has 0 saturated carbocycles. The van der Waals surface area contributed by atoms with Crippen LogP contribution in [0.3, 0.4) is 0 Å². The lowest BCUT2D eigenvalue weighted by Crippen LogP contribution is -2.48. The molecule has 148 valence electrons. The van der Waals surface area contributed by atoms with Gasteiger partial charge in [0.05, 0.1) is 0 Å². The lowest BCUT2D eigenvalue weighted by molar-refractivity contribution is 0.0617. The number of carbonyl (C=O) groups is 1. The molecule has 7 nitrogen and oxygen atoms in total. The highest BCUT2D eigenvalue weighted by atomic mass is 16.7. The van der Waals surface area contributed by atoms with Crippen LogP contribution in [0.1, 0.15) is 46.6 Å². The average molecular weight is 383 g/mol. The molecule has 1 amide bonds. The molecule has 3 heterocycles. The Kier molecular flexibility index (Phi) is 4.68. The lowest BCUT2D eigenvalue weighted by Gasteiger charge is -2.34. The van der Waals surface area contributed by atoms with Crippen molar-refractivity contribution in [3.05, 3.63) is 40.8 Å². The van der Waals surface area contributed by atoms with Crippen molar-refractivity contribution in [3.8, 4) is 11.5 Å². The fraction of sp³-hybridized carbons (Fsp3) is 0.524. The zero-order valence-corrected chi connectivity index (χ0v) is 16.0. The number of piperazine rings is 1. The average Bonchev–Trinajstić information content (AvgIpc) is 3.28. The van der Waals surface area contributed by atoms with E-state index in [9.17, 15) is 4.79 Å². The maximum Gasteiger partial charge on any atom is 0.276 e. The predicted molar refractivity (Wildman–Crippen MR) is 102 cm³/mol. The zero-order valence-electron chi connectivity index (χ0n) is 16.0. The van der Waals surface area contributed by atoms with E-state index in [2.05, 4.69) is 16.1 Å². The Morgan fingerprint density at radius 2 is 1.82 bits per heavy atom. The molecule has 1 aromatic carbocycles. The minimum absolute atomic E-state index is 0.0228. The monoisotopic (exact) mass is 383 g/mol. The third-order valence-electron chi connectivity index (χ3n) is 5.91. The molecular weight excluding hydrogens is 358 g/mol. The fourth-order valence-corrected chi connectivity index (χ4v) is 4.29. The van der Waals surface area contributed by atoms with Gasteiger partial charge in [-0.15, -0.1) is 0 Å². The van der Waals surface area contributed by atoms with Crippen LogP contribution in [0.5, 0.6) is 11.5 Å². The highest BCUT2D eigenvalue weighted by Gasteiger charge is 2.29. The molecule has 28 heavy (non-hydrogen) atoms. The second-order valence-electron chi connectivity index (χ2n) is 7.75. The van der Waals surface area contributed by atoms with Gasteiger partial charge in [-0.3, -0.25) is 9.69 Å². The number of rotatable bonds is 3. The minimum Gasteiger partial charge on any atom is -0.454 e. The van der Waals surface area contributed by atoms with Gasteiger partial charge in [0.15, 0.2) is 17.2 Å². The van der Waals surface area contributed by atoms with Gasteiger partial charge in [-0.05, 0) is 37.0 Å². The van der Waals surface area contributed by atoms with Crippen LogP contribution in [0.2, 0.25) is 0 Å². The van der Waals surface area contributed by atoms with Crippen LogP contribution in [0.4, 0.5) is 0 Å². The number of benzene rings is 1. The molecule has 2 aromatic rings. The minimum atomic E-state index is 0.0228. The van der Waals surface area contributed by atoms with Crippen molar-refractivity contribution >= 4 is 5.91 Å². The van der Waals surface area contributed by atoms with Gasteiger partial charge in [0.1, 0.15) is 5.76 Å². The molecule has 7 heteroatoms. The normalized spacial score (nSPS) is 19.4. The highest BCUT2D eigenvalue weighted by molar-refractivity contribution is 5.94. The van der Waals surface area contributed by atoms with Crippen LogP contribution in [0.15, 0.2) is 22.7 Å². The van der Waals surface area contributed by atoms with Crippen LogP contribution in [-0.2, 0) is 19.4 Å². The zero-order chi connectivity index (χ0) is 18.9. The predicted octanol–water partition coefficient (Wildman–Crippen LogP) is 2.63. The Hall–Kier alpha value is -2.54. The second-order valence-corrected chi connectivity index (χ2v) is 7.75. The van der Waals surface area contributed by atoms with Gasteiger partial charge in [0.25, 0.3) is 5.91 Å². The van der Waals surface area contributed by atoms with Crippen molar-refractivity contribution in [1.82, 2.24) is 15.0 Å². The third kappa shape index (κ3) is 3.35. The quantitative estimate of drug-likeness (QED) is 0.759. The first-order valence-electron chi connectivity index (χ1n) is 10.2. The SMILES string of the molecule is O=C(c1noc2c1CCCCC2)N1CCN(Cc2ccc3c(c2)OCO3)CC1. The van der Waals surface area contributed by atoms with E-state index in [0.717, 1.165) is 68.1 Å². The Labute approximate surface area is 164 Å². The van der Waals surface area contributed by atoms with Crippen molar-refractivity contribution in [2.45, 2.75) is 38.6 Å². The molecular formula is C21H25N3O4. The summed E-state index contributed by atoms with van der Waals surface area (Å²) in [6, 6.07) is 6.09. The molecule has 2 aliphatic heterocycles. The first kappa shape index (κ1) is 17.6. The maximum absolute atomic E-state index is 13.0. The van der Waals surface area contributed by atoms with E-state index in [1.54, 1.807) is 0 Å². The Bertz CT molecular complexity index is 871. The summed E-state index contributed by atoms with van der Waals surface area (Å²) in [6.07, 6.45) is 5.23. The van der Waals surface area contributed by atoms with E-state index in [0.29, 0.717) is 25.6 Å². The number of ether oxygens (including phenoxy) is 2. The summed E-state index contributed by atoms with van der Waals surface area (Å²) in [6.45, 7) is 4.26. The molecule has 0 N–H and O–H groups in total. The molecule has 0 unspecified atom stereocenters. The summed E-state index contributed by atoms with van der Waals surface area (Å²) in [5.41, 5.74) is 2.79. The number of carbonyl (C=O) groups excluding carboxylic acids is 1. The summed E-state index contributed by atoms with van der Waals surface area (Å²) in [4.78, 5) is 17.3. The maximum atomic E-state index is 13.0. The standard InChI is InChI=1S/C21H25N3O4/c25-21(20-16-4-2-1-3-5-17(16)28-22-20)24-10-8-23(9-11-24)13-15-6-7-18-19(12-15)27-14-26-18/h6-7,12H,1-5,8-11,13-14H2. The van der Waals surface area contributed by atoms with E-state index in [1.807, 2.05) is 17.0 Å². The Balaban J connectivity index is 1.20. The van der Waals surface area contributed by atoms with E-state index in [-0.39, 0.29) is 5.91 Å². The van der Waals surface area contributed by atoms with Gasteiger partial charge >= 0.3 is 0 Å². The summed E-state index contributed by atoms with van der Waals surface area (Å²) < 4.78 is 16.3. The van der Waals surface area contributed by atoms with Crippen LogP contribution < -0.4 is 9.47 Å². The van der Waals surface area contributed by atoms with Gasteiger partial charge in [-0.1, -0.05) is 17.6 Å². The number of hydrogen-bond acceptors (Lipinski definition) is 6. The molecule has 0 atom stereocenters.